The third kappa shape index (κ3) is 4.00. The highest BCUT2D eigenvalue weighted by Crippen LogP contribution is 2.20. The first kappa shape index (κ1) is 17.5. The molecule has 1 aliphatic rings. The van der Waals surface area contributed by atoms with E-state index in [-0.39, 0.29) is 11.9 Å². The molecule has 6 heteroatoms. The lowest BCUT2D eigenvalue weighted by molar-refractivity contribution is -0.132. The van der Waals surface area contributed by atoms with E-state index in [1.54, 1.807) is 6.20 Å². The maximum absolute atomic E-state index is 12.6. The van der Waals surface area contributed by atoms with Gasteiger partial charge in [0.15, 0.2) is 0 Å². The van der Waals surface area contributed by atoms with Gasteiger partial charge in [0.25, 0.3) is 0 Å². The second-order valence-corrected chi connectivity index (χ2v) is 6.91. The SMILES string of the molecule is Cc1cc(N2CCN(C(=O)C[C@@H](C)n3ccnc3C)CC2)cc(C)n1. The van der Waals surface area contributed by atoms with Crippen LogP contribution in [0, 0.1) is 20.8 Å². The molecule has 2 aromatic heterocycles. The molecule has 2 aromatic rings. The van der Waals surface area contributed by atoms with Crippen molar-refractivity contribution in [1.82, 2.24) is 19.4 Å². The summed E-state index contributed by atoms with van der Waals surface area (Å²) >= 11 is 0. The van der Waals surface area contributed by atoms with Crippen molar-refractivity contribution in [2.75, 3.05) is 31.1 Å². The Hall–Kier alpha value is -2.37. The fraction of sp³-hybridized carbons (Fsp3) is 0.526. The topological polar surface area (TPSA) is 54.3 Å². The van der Waals surface area contributed by atoms with Gasteiger partial charge in [-0.25, -0.2) is 4.98 Å². The predicted octanol–water partition coefficient (Wildman–Crippen LogP) is 2.50. The maximum atomic E-state index is 12.6. The molecular weight excluding hydrogens is 314 g/mol. The van der Waals surface area contributed by atoms with E-state index in [0.717, 1.165) is 43.4 Å². The average molecular weight is 341 g/mol. The van der Waals surface area contributed by atoms with Gasteiger partial charge >= 0.3 is 0 Å². The summed E-state index contributed by atoms with van der Waals surface area (Å²) in [7, 11) is 0. The van der Waals surface area contributed by atoms with Crippen molar-refractivity contribution in [3.05, 3.63) is 41.7 Å². The fourth-order valence-electron chi connectivity index (χ4n) is 3.54. The Morgan fingerprint density at radius 3 is 2.32 bits per heavy atom. The van der Waals surface area contributed by atoms with Crippen molar-refractivity contribution in [2.24, 2.45) is 0 Å². The minimum absolute atomic E-state index is 0.138. The van der Waals surface area contributed by atoms with Crippen LogP contribution in [0.15, 0.2) is 24.5 Å². The lowest BCUT2D eigenvalue weighted by Crippen LogP contribution is -2.49. The van der Waals surface area contributed by atoms with Crippen molar-refractivity contribution < 1.29 is 4.79 Å². The minimum Gasteiger partial charge on any atom is -0.368 e. The highest BCUT2D eigenvalue weighted by Gasteiger charge is 2.23. The number of aryl methyl sites for hydroxylation is 3. The first-order chi connectivity index (χ1) is 11.9. The molecule has 1 atom stereocenters. The van der Waals surface area contributed by atoms with Crippen LogP contribution in [0.1, 0.15) is 36.6 Å². The number of rotatable bonds is 4. The Kier molecular flexibility index (Phi) is 5.06. The van der Waals surface area contributed by atoms with E-state index in [1.807, 2.05) is 31.9 Å². The normalized spacial score (nSPS) is 16.2. The van der Waals surface area contributed by atoms with E-state index in [1.165, 1.54) is 5.69 Å². The van der Waals surface area contributed by atoms with Crippen LogP contribution in [0.25, 0.3) is 0 Å². The molecule has 0 radical (unpaired) electrons. The van der Waals surface area contributed by atoms with E-state index >= 15 is 0 Å². The molecule has 0 bridgehead atoms. The smallest absolute Gasteiger partial charge is 0.224 e. The van der Waals surface area contributed by atoms with E-state index in [9.17, 15) is 4.79 Å². The summed E-state index contributed by atoms with van der Waals surface area (Å²) in [5.41, 5.74) is 3.29. The largest absolute Gasteiger partial charge is 0.368 e. The zero-order valence-corrected chi connectivity index (χ0v) is 15.6. The minimum atomic E-state index is 0.138. The van der Waals surface area contributed by atoms with Gasteiger partial charge in [-0.2, -0.15) is 0 Å². The Balaban J connectivity index is 1.56. The van der Waals surface area contributed by atoms with Gasteiger partial charge in [0, 0.05) is 68.1 Å². The molecule has 0 unspecified atom stereocenters. The molecule has 6 nitrogen and oxygen atoms in total. The monoisotopic (exact) mass is 341 g/mol. The highest BCUT2D eigenvalue weighted by molar-refractivity contribution is 5.77. The number of aromatic nitrogens is 3. The summed E-state index contributed by atoms with van der Waals surface area (Å²) < 4.78 is 2.07. The predicted molar refractivity (Wildman–Crippen MR) is 98.8 cm³/mol. The summed E-state index contributed by atoms with van der Waals surface area (Å²) in [5.74, 6) is 1.18. The van der Waals surface area contributed by atoms with Crippen molar-refractivity contribution >= 4 is 11.6 Å². The Morgan fingerprint density at radius 1 is 1.12 bits per heavy atom. The van der Waals surface area contributed by atoms with Gasteiger partial charge in [-0.05, 0) is 39.8 Å². The van der Waals surface area contributed by atoms with Gasteiger partial charge in [0.1, 0.15) is 5.82 Å². The molecule has 0 N–H and O–H groups in total. The number of carbonyl (C=O) groups is 1. The lowest BCUT2D eigenvalue weighted by atomic mass is 10.1. The maximum Gasteiger partial charge on any atom is 0.224 e. The van der Waals surface area contributed by atoms with Crippen molar-refractivity contribution in [3.63, 3.8) is 0 Å². The quantitative estimate of drug-likeness (QED) is 0.857. The Morgan fingerprint density at radius 2 is 1.76 bits per heavy atom. The second kappa shape index (κ2) is 7.25. The van der Waals surface area contributed by atoms with Crippen LogP contribution in [-0.4, -0.2) is 51.5 Å². The van der Waals surface area contributed by atoms with Gasteiger partial charge in [0.2, 0.25) is 5.91 Å². The van der Waals surface area contributed by atoms with E-state index in [4.69, 9.17) is 0 Å². The van der Waals surface area contributed by atoms with Crippen LogP contribution in [0.5, 0.6) is 0 Å². The number of nitrogens with zero attached hydrogens (tertiary/aromatic N) is 5. The third-order valence-electron chi connectivity index (χ3n) is 4.87. The summed E-state index contributed by atoms with van der Waals surface area (Å²) in [4.78, 5) is 25.6. The lowest BCUT2D eigenvalue weighted by Gasteiger charge is -2.36. The average Bonchev–Trinajstić information content (AvgIpc) is 3.00. The zero-order valence-electron chi connectivity index (χ0n) is 15.6. The molecule has 3 heterocycles. The summed E-state index contributed by atoms with van der Waals surface area (Å²) in [5, 5.41) is 0. The number of imidazole rings is 1. The molecule has 1 fully saturated rings. The van der Waals surface area contributed by atoms with Crippen LogP contribution in [0.3, 0.4) is 0 Å². The highest BCUT2D eigenvalue weighted by atomic mass is 16.2. The number of piperazine rings is 1. The van der Waals surface area contributed by atoms with Crippen molar-refractivity contribution in [3.8, 4) is 0 Å². The molecule has 1 saturated heterocycles. The van der Waals surface area contributed by atoms with Crippen LogP contribution >= 0.6 is 0 Å². The van der Waals surface area contributed by atoms with E-state index in [2.05, 4.69) is 38.5 Å². The van der Waals surface area contributed by atoms with Crippen LogP contribution in [0.2, 0.25) is 0 Å². The van der Waals surface area contributed by atoms with E-state index in [0.29, 0.717) is 6.42 Å². The van der Waals surface area contributed by atoms with Gasteiger partial charge in [-0.1, -0.05) is 0 Å². The Bertz CT molecular complexity index is 726. The van der Waals surface area contributed by atoms with Crippen LogP contribution in [-0.2, 0) is 4.79 Å². The van der Waals surface area contributed by atoms with Crippen LogP contribution < -0.4 is 4.90 Å². The molecule has 3 rings (SSSR count). The van der Waals surface area contributed by atoms with Crippen molar-refractivity contribution in [2.45, 2.75) is 40.2 Å². The summed E-state index contributed by atoms with van der Waals surface area (Å²) in [6.07, 6.45) is 4.25. The zero-order chi connectivity index (χ0) is 18.0. The standard InChI is InChI=1S/C19H27N5O/c1-14-11-18(12-15(2)21-14)22-7-9-23(10-8-22)19(25)13-16(3)24-6-5-20-17(24)4/h5-6,11-12,16H,7-10,13H2,1-4H3/t16-/m1/s1. The Labute approximate surface area is 149 Å². The van der Waals surface area contributed by atoms with Crippen molar-refractivity contribution in [1.29, 1.82) is 0 Å². The van der Waals surface area contributed by atoms with Gasteiger partial charge < -0.3 is 14.4 Å². The fourth-order valence-corrected chi connectivity index (χ4v) is 3.54. The van der Waals surface area contributed by atoms with Gasteiger partial charge in [-0.15, -0.1) is 0 Å². The van der Waals surface area contributed by atoms with Gasteiger partial charge in [-0.3, -0.25) is 9.78 Å². The molecule has 0 spiro atoms. The first-order valence-corrected chi connectivity index (χ1v) is 8.91. The first-order valence-electron chi connectivity index (χ1n) is 8.91. The third-order valence-corrected chi connectivity index (χ3v) is 4.87. The van der Waals surface area contributed by atoms with Gasteiger partial charge in [0.05, 0.1) is 0 Å². The number of pyridine rings is 1. The number of hydrogen-bond acceptors (Lipinski definition) is 4. The van der Waals surface area contributed by atoms with Crippen LogP contribution in [0.4, 0.5) is 5.69 Å². The molecule has 0 aliphatic carbocycles. The molecule has 0 aromatic carbocycles. The molecule has 1 amide bonds. The summed E-state index contributed by atoms with van der Waals surface area (Å²) in [6, 6.07) is 4.38. The number of amides is 1. The molecule has 25 heavy (non-hydrogen) atoms. The molecule has 1 aliphatic heterocycles. The molecule has 0 saturated carbocycles. The number of hydrogen-bond donors (Lipinski definition) is 0. The molecule has 134 valence electrons. The number of carbonyl (C=O) groups excluding carboxylic acids is 1. The number of anilines is 1. The second-order valence-electron chi connectivity index (χ2n) is 6.91. The molecular formula is C19H27N5O. The van der Waals surface area contributed by atoms with E-state index < -0.39 is 0 Å². The summed E-state index contributed by atoms with van der Waals surface area (Å²) in [6.45, 7) is 11.4.